The van der Waals surface area contributed by atoms with E-state index in [1.807, 2.05) is 25.2 Å². The molecule has 4 heteroatoms. The molecule has 1 heterocycles. The molecular weight excluding hydrogens is 272 g/mol. The number of nitrogens with zero attached hydrogens (tertiary/aromatic N) is 2. The third-order valence-electron chi connectivity index (χ3n) is 4.35. The molecule has 2 aliphatic rings. The first kappa shape index (κ1) is 13.6. The van der Waals surface area contributed by atoms with Crippen LogP contribution < -0.4 is 4.90 Å². The van der Waals surface area contributed by atoms with E-state index in [1.54, 1.807) is 4.90 Å². The van der Waals surface area contributed by atoms with Gasteiger partial charge in [0.05, 0.1) is 5.69 Å². The van der Waals surface area contributed by atoms with Gasteiger partial charge in [0, 0.05) is 29.3 Å². The van der Waals surface area contributed by atoms with E-state index < -0.39 is 0 Å². The number of fused-ring (bicyclic) bond motifs is 1. The largest absolute Gasteiger partial charge is 0.313 e. The van der Waals surface area contributed by atoms with Gasteiger partial charge in [-0.3, -0.25) is 9.79 Å². The Morgan fingerprint density at radius 1 is 1.25 bits per heavy atom. The fraction of sp³-hybridized carbons (Fsp3) is 0.500. The van der Waals surface area contributed by atoms with Crippen molar-refractivity contribution in [1.29, 1.82) is 0 Å². The van der Waals surface area contributed by atoms with Crippen molar-refractivity contribution in [2.24, 2.45) is 10.9 Å². The van der Waals surface area contributed by atoms with Gasteiger partial charge in [0.15, 0.2) is 0 Å². The molecule has 1 aromatic rings. The maximum atomic E-state index is 12.1. The summed E-state index contributed by atoms with van der Waals surface area (Å²) in [5.41, 5.74) is 3.05. The van der Waals surface area contributed by atoms with Crippen LogP contribution in [0.2, 0.25) is 5.02 Å². The lowest BCUT2D eigenvalue weighted by molar-refractivity contribution is -0.116. The van der Waals surface area contributed by atoms with Gasteiger partial charge in [-0.1, -0.05) is 30.9 Å². The molecule has 1 aliphatic heterocycles. The van der Waals surface area contributed by atoms with Crippen molar-refractivity contribution in [3.63, 3.8) is 0 Å². The first-order chi connectivity index (χ1) is 9.66. The molecule has 1 aromatic carbocycles. The Hall–Kier alpha value is -1.35. The van der Waals surface area contributed by atoms with Gasteiger partial charge in [0.25, 0.3) is 0 Å². The molecular formula is C16H19ClN2O. The van der Waals surface area contributed by atoms with Gasteiger partial charge in [-0.2, -0.15) is 0 Å². The summed E-state index contributed by atoms with van der Waals surface area (Å²) in [6.07, 6.45) is 6.16. The maximum Gasteiger partial charge on any atom is 0.248 e. The SMILES string of the molecule is CN1C(=O)CN=C(C2CCCCC2)c2cc(Cl)ccc21. The number of anilines is 1. The van der Waals surface area contributed by atoms with Crippen molar-refractivity contribution in [2.75, 3.05) is 18.5 Å². The van der Waals surface area contributed by atoms with E-state index in [2.05, 4.69) is 4.99 Å². The molecule has 0 N–H and O–H groups in total. The highest BCUT2D eigenvalue weighted by molar-refractivity contribution is 6.31. The molecule has 1 saturated carbocycles. The number of hydrogen-bond acceptors (Lipinski definition) is 2. The number of carbonyl (C=O) groups is 1. The van der Waals surface area contributed by atoms with E-state index in [4.69, 9.17) is 11.6 Å². The lowest BCUT2D eigenvalue weighted by Crippen LogP contribution is -2.27. The second kappa shape index (κ2) is 5.57. The normalized spacial score (nSPS) is 20.4. The predicted molar refractivity (Wildman–Crippen MR) is 82.8 cm³/mol. The van der Waals surface area contributed by atoms with Crippen LogP contribution in [0.15, 0.2) is 23.2 Å². The summed E-state index contributed by atoms with van der Waals surface area (Å²) < 4.78 is 0. The van der Waals surface area contributed by atoms with E-state index in [0.29, 0.717) is 10.9 Å². The first-order valence-corrected chi connectivity index (χ1v) is 7.65. The molecule has 3 rings (SSSR count). The monoisotopic (exact) mass is 290 g/mol. The number of halogens is 1. The zero-order valence-electron chi connectivity index (χ0n) is 11.7. The van der Waals surface area contributed by atoms with Crippen LogP contribution >= 0.6 is 11.6 Å². The molecule has 3 nitrogen and oxygen atoms in total. The molecule has 20 heavy (non-hydrogen) atoms. The van der Waals surface area contributed by atoms with E-state index in [9.17, 15) is 4.79 Å². The average Bonchev–Trinajstić information content (AvgIpc) is 2.58. The second-order valence-electron chi connectivity index (χ2n) is 5.65. The minimum absolute atomic E-state index is 0.0411. The number of amides is 1. The highest BCUT2D eigenvalue weighted by Gasteiger charge is 2.27. The Bertz CT molecular complexity index is 562. The number of likely N-dealkylation sites (N-methyl/N-ethyl adjacent to an activating group) is 1. The van der Waals surface area contributed by atoms with Gasteiger partial charge in [-0.05, 0) is 31.0 Å². The molecule has 106 valence electrons. The van der Waals surface area contributed by atoms with Crippen LogP contribution in [0.3, 0.4) is 0 Å². The van der Waals surface area contributed by atoms with Crippen LogP contribution in [0.25, 0.3) is 0 Å². The number of carbonyl (C=O) groups excluding carboxylic acids is 1. The Kier molecular flexibility index (Phi) is 3.79. The van der Waals surface area contributed by atoms with Crippen LogP contribution in [0.1, 0.15) is 37.7 Å². The Labute approximate surface area is 124 Å². The van der Waals surface area contributed by atoms with E-state index >= 15 is 0 Å². The summed E-state index contributed by atoms with van der Waals surface area (Å²) in [7, 11) is 1.81. The Morgan fingerprint density at radius 3 is 2.75 bits per heavy atom. The zero-order chi connectivity index (χ0) is 14.1. The minimum Gasteiger partial charge on any atom is -0.313 e. The summed E-state index contributed by atoms with van der Waals surface area (Å²) in [4.78, 5) is 18.4. The molecule has 1 fully saturated rings. The van der Waals surface area contributed by atoms with Gasteiger partial charge in [-0.15, -0.1) is 0 Å². The molecule has 0 bridgehead atoms. The Balaban J connectivity index is 2.07. The van der Waals surface area contributed by atoms with Gasteiger partial charge in [0.1, 0.15) is 6.54 Å². The first-order valence-electron chi connectivity index (χ1n) is 7.27. The molecule has 0 radical (unpaired) electrons. The topological polar surface area (TPSA) is 32.7 Å². The fourth-order valence-electron chi connectivity index (χ4n) is 3.21. The average molecular weight is 291 g/mol. The fourth-order valence-corrected chi connectivity index (χ4v) is 3.38. The van der Waals surface area contributed by atoms with E-state index in [1.165, 1.54) is 32.1 Å². The third-order valence-corrected chi connectivity index (χ3v) is 4.58. The molecule has 0 saturated heterocycles. The van der Waals surface area contributed by atoms with Crippen LogP contribution in [0, 0.1) is 5.92 Å². The van der Waals surface area contributed by atoms with Gasteiger partial charge < -0.3 is 4.90 Å². The van der Waals surface area contributed by atoms with Gasteiger partial charge >= 0.3 is 0 Å². The summed E-state index contributed by atoms with van der Waals surface area (Å²) in [5.74, 6) is 0.514. The van der Waals surface area contributed by atoms with Gasteiger partial charge in [0.2, 0.25) is 5.91 Å². The standard InChI is InChI=1S/C16H19ClN2O/c1-19-14-8-7-12(17)9-13(14)16(18-10-15(19)20)11-5-3-2-4-6-11/h7-9,11H,2-6,10H2,1H3. The number of rotatable bonds is 1. The molecule has 0 spiro atoms. The quantitative estimate of drug-likeness (QED) is 0.776. The zero-order valence-corrected chi connectivity index (χ0v) is 12.5. The summed E-state index contributed by atoms with van der Waals surface area (Å²) in [6.45, 7) is 0.245. The minimum atomic E-state index is 0.0411. The molecule has 0 unspecified atom stereocenters. The van der Waals surface area contributed by atoms with Crippen molar-refractivity contribution < 1.29 is 4.79 Å². The van der Waals surface area contributed by atoms with Crippen molar-refractivity contribution in [1.82, 2.24) is 0 Å². The third kappa shape index (κ3) is 2.47. The second-order valence-corrected chi connectivity index (χ2v) is 6.09. The highest BCUT2D eigenvalue weighted by Crippen LogP contribution is 2.33. The Morgan fingerprint density at radius 2 is 2.00 bits per heavy atom. The number of hydrogen-bond donors (Lipinski definition) is 0. The molecule has 1 aliphatic carbocycles. The van der Waals surface area contributed by atoms with Crippen molar-refractivity contribution in [3.05, 3.63) is 28.8 Å². The molecule has 1 amide bonds. The smallest absolute Gasteiger partial charge is 0.248 e. The summed E-state index contributed by atoms with van der Waals surface area (Å²) in [5, 5.41) is 0.704. The van der Waals surface area contributed by atoms with Crippen molar-refractivity contribution in [2.45, 2.75) is 32.1 Å². The number of benzodiazepines with no additional fused rings is 1. The summed E-state index contributed by atoms with van der Waals surface area (Å²) >= 11 is 6.16. The van der Waals surface area contributed by atoms with Crippen LogP contribution in [0.5, 0.6) is 0 Å². The number of aliphatic imine (C=N–C) groups is 1. The van der Waals surface area contributed by atoms with Gasteiger partial charge in [-0.25, -0.2) is 0 Å². The molecule has 0 aromatic heterocycles. The van der Waals surface area contributed by atoms with Crippen LogP contribution in [0.4, 0.5) is 5.69 Å². The van der Waals surface area contributed by atoms with Crippen LogP contribution in [-0.2, 0) is 4.79 Å². The van der Waals surface area contributed by atoms with Crippen molar-refractivity contribution >= 4 is 28.9 Å². The van der Waals surface area contributed by atoms with E-state index in [-0.39, 0.29) is 12.5 Å². The maximum absolute atomic E-state index is 12.1. The summed E-state index contributed by atoms with van der Waals surface area (Å²) in [6, 6.07) is 5.73. The van der Waals surface area contributed by atoms with Crippen LogP contribution in [-0.4, -0.2) is 25.2 Å². The lowest BCUT2D eigenvalue weighted by Gasteiger charge is -2.25. The van der Waals surface area contributed by atoms with Crippen molar-refractivity contribution in [3.8, 4) is 0 Å². The molecule has 0 atom stereocenters. The highest BCUT2D eigenvalue weighted by atomic mass is 35.5. The predicted octanol–water partition coefficient (Wildman–Crippen LogP) is 3.69. The lowest BCUT2D eigenvalue weighted by atomic mass is 9.83. The number of benzene rings is 1. The van der Waals surface area contributed by atoms with E-state index in [0.717, 1.165) is 17.0 Å².